The van der Waals surface area contributed by atoms with Gasteiger partial charge in [-0.1, -0.05) is 31.4 Å². The standard InChI is InChI=1S/C17H18F2N2O2S/c18-16(19)23-13-8-6-11(7-9-13)10-14-15(22)21(17(24)20-14)12-4-2-1-3-5-12/h6-10,12,16H,1-5H2,(H,20,24)/b14-10+. The van der Waals surface area contributed by atoms with Gasteiger partial charge >= 0.3 is 6.61 Å². The van der Waals surface area contributed by atoms with Crippen LogP contribution in [-0.4, -0.2) is 28.6 Å². The van der Waals surface area contributed by atoms with Crippen molar-refractivity contribution >= 4 is 29.3 Å². The van der Waals surface area contributed by atoms with E-state index in [1.807, 2.05) is 0 Å². The second kappa shape index (κ2) is 7.25. The van der Waals surface area contributed by atoms with Crippen molar-refractivity contribution in [1.82, 2.24) is 10.2 Å². The van der Waals surface area contributed by atoms with Crippen LogP contribution >= 0.6 is 12.2 Å². The number of carbonyl (C=O) groups excluding carboxylic acids is 1. The number of nitrogens with one attached hydrogen (secondary N) is 1. The van der Waals surface area contributed by atoms with E-state index in [4.69, 9.17) is 12.2 Å². The molecular weight excluding hydrogens is 334 g/mol. The third-order valence-electron chi connectivity index (χ3n) is 4.27. The molecule has 0 bridgehead atoms. The highest BCUT2D eigenvalue weighted by Crippen LogP contribution is 2.27. The Morgan fingerprint density at radius 1 is 1.21 bits per heavy atom. The summed E-state index contributed by atoms with van der Waals surface area (Å²) >= 11 is 5.31. The lowest BCUT2D eigenvalue weighted by molar-refractivity contribution is -0.124. The average molecular weight is 352 g/mol. The van der Waals surface area contributed by atoms with E-state index < -0.39 is 6.61 Å². The van der Waals surface area contributed by atoms with Crippen LogP contribution in [0.4, 0.5) is 8.78 Å². The van der Waals surface area contributed by atoms with Gasteiger partial charge in [0.15, 0.2) is 5.11 Å². The van der Waals surface area contributed by atoms with E-state index in [1.54, 1.807) is 23.1 Å². The summed E-state index contributed by atoms with van der Waals surface area (Å²) in [6.07, 6.45) is 7.04. The number of alkyl halides is 2. The van der Waals surface area contributed by atoms with Crippen molar-refractivity contribution in [1.29, 1.82) is 0 Å². The Hall–Kier alpha value is -2.02. The molecule has 2 fully saturated rings. The van der Waals surface area contributed by atoms with E-state index in [0.717, 1.165) is 25.7 Å². The van der Waals surface area contributed by atoms with Crippen molar-refractivity contribution in [2.75, 3.05) is 0 Å². The number of benzene rings is 1. The second-order valence-electron chi connectivity index (χ2n) is 5.90. The number of ether oxygens (including phenoxy) is 1. The Labute approximate surface area is 144 Å². The highest BCUT2D eigenvalue weighted by atomic mass is 32.1. The lowest BCUT2D eigenvalue weighted by Gasteiger charge is -2.29. The second-order valence-corrected chi connectivity index (χ2v) is 6.29. The monoisotopic (exact) mass is 352 g/mol. The Balaban J connectivity index is 1.73. The quantitative estimate of drug-likeness (QED) is 0.663. The predicted molar refractivity (Wildman–Crippen MR) is 90.5 cm³/mol. The molecule has 0 radical (unpaired) electrons. The van der Waals surface area contributed by atoms with Crippen LogP contribution in [-0.2, 0) is 4.79 Å². The summed E-state index contributed by atoms with van der Waals surface area (Å²) in [7, 11) is 0. The van der Waals surface area contributed by atoms with Gasteiger partial charge in [0.25, 0.3) is 5.91 Å². The maximum absolute atomic E-state index is 12.6. The van der Waals surface area contributed by atoms with Crippen LogP contribution in [0.15, 0.2) is 30.0 Å². The number of nitrogens with zero attached hydrogens (tertiary/aromatic N) is 1. The molecule has 1 saturated carbocycles. The van der Waals surface area contributed by atoms with Crippen molar-refractivity contribution in [3.05, 3.63) is 35.5 Å². The van der Waals surface area contributed by atoms with Gasteiger partial charge in [-0.3, -0.25) is 9.69 Å². The highest BCUT2D eigenvalue weighted by Gasteiger charge is 2.36. The molecule has 1 aliphatic heterocycles. The Morgan fingerprint density at radius 2 is 1.88 bits per heavy atom. The van der Waals surface area contributed by atoms with Crippen LogP contribution in [0.3, 0.4) is 0 Å². The van der Waals surface area contributed by atoms with Crippen molar-refractivity contribution in [2.45, 2.75) is 44.8 Å². The molecule has 0 aromatic heterocycles. The molecule has 0 atom stereocenters. The van der Waals surface area contributed by atoms with Crippen LogP contribution in [0.2, 0.25) is 0 Å². The number of hydrogen-bond donors (Lipinski definition) is 1. The third-order valence-corrected chi connectivity index (χ3v) is 4.56. The highest BCUT2D eigenvalue weighted by molar-refractivity contribution is 7.80. The van der Waals surface area contributed by atoms with Gasteiger partial charge in [-0.25, -0.2) is 0 Å². The lowest BCUT2D eigenvalue weighted by atomic mass is 9.94. The van der Waals surface area contributed by atoms with Crippen molar-refractivity contribution in [2.24, 2.45) is 0 Å². The number of thiocarbonyl (C=S) groups is 1. The van der Waals surface area contributed by atoms with Crippen molar-refractivity contribution in [3.8, 4) is 5.75 Å². The van der Waals surface area contributed by atoms with Gasteiger partial charge in [-0.2, -0.15) is 8.78 Å². The van der Waals surface area contributed by atoms with Crippen LogP contribution in [0, 0.1) is 0 Å². The molecule has 1 heterocycles. The first-order valence-electron chi connectivity index (χ1n) is 7.96. The largest absolute Gasteiger partial charge is 0.435 e. The first kappa shape index (κ1) is 16.8. The molecule has 4 nitrogen and oxygen atoms in total. The molecule has 1 aromatic carbocycles. The Kier molecular flexibility index (Phi) is 5.08. The molecule has 24 heavy (non-hydrogen) atoms. The zero-order valence-corrected chi connectivity index (χ0v) is 13.8. The fraction of sp³-hybridized carbons (Fsp3) is 0.412. The summed E-state index contributed by atoms with van der Waals surface area (Å²) < 4.78 is 28.6. The summed E-state index contributed by atoms with van der Waals surface area (Å²) in [5, 5.41) is 3.40. The van der Waals surface area contributed by atoms with E-state index >= 15 is 0 Å². The maximum Gasteiger partial charge on any atom is 0.387 e. The average Bonchev–Trinajstić information content (AvgIpc) is 2.83. The minimum Gasteiger partial charge on any atom is -0.435 e. The smallest absolute Gasteiger partial charge is 0.387 e. The molecule has 0 spiro atoms. The van der Waals surface area contributed by atoms with Gasteiger partial charge in [0, 0.05) is 6.04 Å². The lowest BCUT2D eigenvalue weighted by Crippen LogP contribution is -2.41. The van der Waals surface area contributed by atoms with Gasteiger partial charge in [0.1, 0.15) is 11.4 Å². The SMILES string of the molecule is O=C1/C(=C\c2ccc(OC(F)F)cc2)NC(=S)N1C1CCCCC1. The van der Waals surface area contributed by atoms with Crippen molar-refractivity contribution in [3.63, 3.8) is 0 Å². The number of halogens is 2. The van der Waals surface area contributed by atoms with E-state index in [2.05, 4.69) is 10.1 Å². The van der Waals surface area contributed by atoms with Gasteiger partial charge in [-0.15, -0.1) is 0 Å². The van der Waals surface area contributed by atoms with Gasteiger partial charge in [0.2, 0.25) is 0 Å². The van der Waals surface area contributed by atoms with Crippen LogP contribution in [0.1, 0.15) is 37.7 Å². The molecular formula is C17H18F2N2O2S. The third kappa shape index (κ3) is 3.72. The van der Waals surface area contributed by atoms with Crippen LogP contribution in [0.5, 0.6) is 5.75 Å². The van der Waals surface area contributed by atoms with E-state index in [-0.39, 0.29) is 17.7 Å². The fourth-order valence-corrected chi connectivity index (χ4v) is 3.47. The summed E-state index contributed by atoms with van der Waals surface area (Å²) in [6, 6.07) is 6.28. The van der Waals surface area contributed by atoms with Gasteiger partial charge in [-0.05, 0) is 48.8 Å². The van der Waals surface area contributed by atoms with E-state index in [0.29, 0.717) is 16.4 Å². The van der Waals surface area contributed by atoms with Crippen LogP contribution < -0.4 is 10.1 Å². The summed E-state index contributed by atoms with van der Waals surface area (Å²) in [6.45, 7) is -2.85. The van der Waals surface area contributed by atoms with Crippen molar-refractivity contribution < 1.29 is 18.3 Å². The molecule has 1 aromatic rings. The first-order valence-corrected chi connectivity index (χ1v) is 8.36. The van der Waals surface area contributed by atoms with E-state index in [9.17, 15) is 13.6 Å². The maximum atomic E-state index is 12.6. The topological polar surface area (TPSA) is 41.6 Å². The molecule has 1 saturated heterocycles. The molecule has 1 aliphatic carbocycles. The zero-order chi connectivity index (χ0) is 17.1. The minimum absolute atomic E-state index is 0.0808. The Bertz CT molecular complexity index is 655. The number of hydrogen-bond acceptors (Lipinski definition) is 3. The molecule has 7 heteroatoms. The number of amides is 1. The zero-order valence-electron chi connectivity index (χ0n) is 13.0. The fourth-order valence-electron chi connectivity index (χ4n) is 3.13. The normalized spacial score (nSPS) is 20.8. The summed E-state index contributed by atoms with van der Waals surface area (Å²) in [4.78, 5) is 14.3. The predicted octanol–water partition coefficient (Wildman–Crippen LogP) is 3.68. The van der Waals surface area contributed by atoms with E-state index in [1.165, 1.54) is 18.6 Å². The number of rotatable bonds is 4. The van der Waals surface area contributed by atoms with Gasteiger partial charge < -0.3 is 10.1 Å². The minimum atomic E-state index is -2.85. The molecule has 3 rings (SSSR count). The first-order chi connectivity index (χ1) is 11.5. The van der Waals surface area contributed by atoms with Crippen LogP contribution in [0.25, 0.3) is 6.08 Å². The molecule has 1 N–H and O–H groups in total. The summed E-state index contributed by atoms with van der Waals surface area (Å²) in [5.41, 5.74) is 1.12. The molecule has 128 valence electrons. The molecule has 0 unspecified atom stereocenters. The number of carbonyl (C=O) groups is 1. The van der Waals surface area contributed by atoms with Gasteiger partial charge in [0.05, 0.1) is 0 Å². The molecule has 1 amide bonds. The Morgan fingerprint density at radius 3 is 2.50 bits per heavy atom. The molecule has 2 aliphatic rings. The summed E-state index contributed by atoms with van der Waals surface area (Å²) in [5.74, 6) is -0.0444.